The van der Waals surface area contributed by atoms with Crippen LogP contribution in [0, 0.1) is 5.92 Å². The molecule has 1 unspecified atom stereocenters. The zero-order chi connectivity index (χ0) is 11.4. The Labute approximate surface area is 97.0 Å². The summed E-state index contributed by atoms with van der Waals surface area (Å²) in [6.07, 6.45) is 6.55. The number of hydrogen-bond donors (Lipinski definition) is 2. The van der Waals surface area contributed by atoms with Crippen LogP contribution >= 0.6 is 0 Å². The second kappa shape index (κ2) is 5.53. The van der Waals surface area contributed by atoms with Crippen LogP contribution in [0.15, 0.2) is 0 Å². The summed E-state index contributed by atoms with van der Waals surface area (Å²) in [6, 6.07) is 0.637. The van der Waals surface area contributed by atoms with Crippen LogP contribution < -0.4 is 5.32 Å². The highest BCUT2D eigenvalue weighted by Crippen LogP contribution is 2.25. The van der Waals surface area contributed by atoms with Gasteiger partial charge in [-0.05, 0) is 38.1 Å². The van der Waals surface area contributed by atoms with Crippen molar-refractivity contribution in [1.82, 2.24) is 10.2 Å². The minimum atomic E-state index is -0.757. The van der Waals surface area contributed by atoms with Gasteiger partial charge in [0.05, 0.1) is 0 Å². The van der Waals surface area contributed by atoms with Crippen molar-refractivity contribution in [2.24, 2.45) is 5.92 Å². The maximum absolute atomic E-state index is 10.8. The van der Waals surface area contributed by atoms with Crippen LogP contribution in [-0.2, 0) is 0 Å². The van der Waals surface area contributed by atoms with Gasteiger partial charge in [0.2, 0.25) is 0 Å². The normalized spacial score (nSPS) is 28.8. The standard InChI is InChI=1S/C12H22N2O2/c15-12(16)14-8-5-10(6-9-14)11-4-2-1-3-7-13-11/h10-11,13H,1-9H2,(H,15,16). The van der Waals surface area contributed by atoms with Gasteiger partial charge in [-0.25, -0.2) is 4.79 Å². The van der Waals surface area contributed by atoms with Crippen LogP contribution in [0.5, 0.6) is 0 Å². The van der Waals surface area contributed by atoms with E-state index in [-0.39, 0.29) is 0 Å². The molecule has 0 aromatic carbocycles. The Balaban J connectivity index is 1.81. The lowest BCUT2D eigenvalue weighted by Crippen LogP contribution is -2.44. The average molecular weight is 226 g/mol. The van der Waals surface area contributed by atoms with Gasteiger partial charge in [0.1, 0.15) is 0 Å². The van der Waals surface area contributed by atoms with E-state index in [9.17, 15) is 4.79 Å². The van der Waals surface area contributed by atoms with Crippen LogP contribution in [0.3, 0.4) is 0 Å². The van der Waals surface area contributed by atoms with Gasteiger partial charge in [0.15, 0.2) is 0 Å². The van der Waals surface area contributed by atoms with E-state index in [0.29, 0.717) is 12.0 Å². The smallest absolute Gasteiger partial charge is 0.407 e. The SMILES string of the molecule is O=C(O)N1CCC(C2CCCCCN2)CC1. The third-order valence-corrected chi connectivity index (χ3v) is 3.98. The highest BCUT2D eigenvalue weighted by Gasteiger charge is 2.28. The molecule has 2 heterocycles. The quantitative estimate of drug-likeness (QED) is 0.718. The Morgan fingerprint density at radius 1 is 1.12 bits per heavy atom. The maximum Gasteiger partial charge on any atom is 0.407 e. The van der Waals surface area contributed by atoms with Gasteiger partial charge in [-0.15, -0.1) is 0 Å². The van der Waals surface area contributed by atoms with Crippen molar-refractivity contribution in [2.45, 2.75) is 44.6 Å². The first-order valence-electron chi connectivity index (χ1n) is 6.48. The number of hydrogen-bond acceptors (Lipinski definition) is 2. The van der Waals surface area contributed by atoms with E-state index in [1.807, 2.05) is 0 Å². The number of carbonyl (C=O) groups is 1. The predicted molar refractivity (Wildman–Crippen MR) is 62.6 cm³/mol. The van der Waals surface area contributed by atoms with Crippen LogP contribution in [0.2, 0.25) is 0 Å². The average Bonchev–Trinajstić information content (AvgIpc) is 2.57. The number of amides is 1. The summed E-state index contributed by atoms with van der Waals surface area (Å²) in [4.78, 5) is 12.4. The fraction of sp³-hybridized carbons (Fsp3) is 0.917. The molecule has 1 atom stereocenters. The number of rotatable bonds is 1. The fourth-order valence-electron chi connectivity index (χ4n) is 2.95. The Kier molecular flexibility index (Phi) is 4.04. The number of piperidine rings is 1. The molecule has 0 aromatic rings. The lowest BCUT2D eigenvalue weighted by atomic mass is 9.87. The van der Waals surface area contributed by atoms with Crippen LogP contribution in [-0.4, -0.2) is 41.8 Å². The number of nitrogens with one attached hydrogen (secondary N) is 1. The van der Waals surface area contributed by atoms with Gasteiger partial charge in [-0.3, -0.25) is 0 Å². The molecule has 2 rings (SSSR count). The Morgan fingerprint density at radius 2 is 1.88 bits per heavy atom. The third-order valence-electron chi connectivity index (χ3n) is 3.98. The minimum Gasteiger partial charge on any atom is -0.465 e. The van der Waals surface area contributed by atoms with Gasteiger partial charge in [-0.2, -0.15) is 0 Å². The van der Waals surface area contributed by atoms with E-state index >= 15 is 0 Å². The van der Waals surface area contributed by atoms with Gasteiger partial charge in [0, 0.05) is 19.1 Å². The van der Waals surface area contributed by atoms with Crippen LogP contribution in [0.1, 0.15) is 38.5 Å². The first-order valence-corrected chi connectivity index (χ1v) is 6.48. The fourth-order valence-corrected chi connectivity index (χ4v) is 2.95. The lowest BCUT2D eigenvalue weighted by molar-refractivity contribution is 0.116. The zero-order valence-corrected chi connectivity index (χ0v) is 9.82. The Bertz CT molecular complexity index is 229. The van der Waals surface area contributed by atoms with Crippen LogP contribution in [0.4, 0.5) is 4.79 Å². The topological polar surface area (TPSA) is 52.6 Å². The number of carboxylic acid groups (broad SMARTS) is 1. The van der Waals surface area contributed by atoms with Crippen molar-refractivity contribution in [3.8, 4) is 0 Å². The first kappa shape index (κ1) is 11.7. The molecule has 4 nitrogen and oxygen atoms in total. The molecule has 2 aliphatic rings. The molecule has 2 aliphatic heterocycles. The van der Waals surface area contributed by atoms with Gasteiger partial charge < -0.3 is 15.3 Å². The first-order chi connectivity index (χ1) is 7.77. The maximum atomic E-state index is 10.8. The molecule has 0 saturated carbocycles. The second-order valence-corrected chi connectivity index (χ2v) is 5.02. The van der Waals surface area contributed by atoms with Crippen molar-refractivity contribution in [2.75, 3.05) is 19.6 Å². The molecule has 2 fully saturated rings. The van der Waals surface area contributed by atoms with Crippen LogP contribution in [0.25, 0.3) is 0 Å². The molecular weight excluding hydrogens is 204 g/mol. The molecule has 2 N–H and O–H groups in total. The van der Waals surface area contributed by atoms with Gasteiger partial charge in [-0.1, -0.05) is 12.8 Å². The van der Waals surface area contributed by atoms with Crippen molar-refractivity contribution in [1.29, 1.82) is 0 Å². The van der Waals surface area contributed by atoms with E-state index in [1.54, 1.807) is 4.90 Å². The van der Waals surface area contributed by atoms with E-state index in [4.69, 9.17) is 5.11 Å². The molecule has 1 amide bonds. The van der Waals surface area contributed by atoms with Crippen molar-refractivity contribution in [3.63, 3.8) is 0 Å². The van der Waals surface area contributed by atoms with Crippen molar-refractivity contribution >= 4 is 6.09 Å². The summed E-state index contributed by atoms with van der Waals surface area (Å²) in [5.74, 6) is 0.689. The Hall–Kier alpha value is -0.770. The minimum absolute atomic E-state index is 0.637. The van der Waals surface area contributed by atoms with E-state index < -0.39 is 6.09 Å². The third kappa shape index (κ3) is 2.88. The molecule has 92 valence electrons. The largest absolute Gasteiger partial charge is 0.465 e. The van der Waals surface area contributed by atoms with Crippen molar-refractivity contribution < 1.29 is 9.90 Å². The molecule has 0 spiro atoms. The molecule has 4 heteroatoms. The zero-order valence-electron chi connectivity index (χ0n) is 9.82. The monoisotopic (exact) mass is 226 g/mol. The highest BCUT2D eigenvalue weighted by molar-refractivity contribution is 5.64. The summed E-state index contributed by atoms with van der Waals surface area (Å²) < 4.78 is 0. The predicted octanol–water partition coefficient (Wildman–Crippen LogP) is 1.91. The summed E-state index contributed by atoms with van der Waals surface area (Å²) in [5.41, 5.74) is 0. The molecule has 0 radical (unpaired) electrons. The molecule has 0 bridgehead atoms. The molecule has 2 saturated heterocycles. The van der Waals surface area contributed by atoms with Gasteiger partial charge >= 0.3 is 6.09 Å². The highest BCUT2D eigenvalue weighted by atomic mass is 16.4. The summed E-state index contributed by atoms with van der Waals surface area (Å²) in [6.45, 7) is 2.58. The summed E-state index contributed by atoms with van der Waals surface area (Å²) in [7, 11) is 0. The van der Waals surface area contributed by atoms with E-state index in [1.165, 1.54) is 25.7 Å². The molecule has 0 aliphatic carbocycles. The number of likely N-dealkylation sites (tertiary alicyclic amines) is 1. The number of nitrogens with zero attached hydrogens (tertiary/aromatic N) is 1. The molecule has 0 aromatic heterocycles. The van der Waals surface area contributed by atoms with Gasteiger partial charge in [0.25, 0.3) is 0 Å². The van der Waals surface area contributed by atoms with E-state index in [2.05, 4.69) is 5.32 Å². The van der Waals surface area contributed by atoms with Crippen molar-refractivity contribution in [3.05, 3.63) is 0 Å². The summed E-state index contributed by atoms with van der Waals surface area (Å²) in [5, 5.41) is 12.5. The Morgan fingerprint density at radius 3 is 2.56 bits per heavy atom. The summed E-state index contributed by atoms with van der Waals surface area (Å²) >= 11 is 0. The second-order valence-electron chi connectivity index (χ2n) is 5.02. The van der Waals surface area contributed by atoms with E-state index in [0.717, 1.165) is 32.5 Å². The lowest BCUT2D eigenvalue weighted by Gasteiger charge is -2.34. The molecular formula is C12H22N2O2. The molecule has 16 heavy (non-hydrogen) atoms.